The first-order chi connectivity index (χ1) is 8.57. The number of esters is 1. The summed E-state index contributed by atoms with van der Waals surface area (Å²) in [5.41, 5.74) is 0.302. The molecule has 0 aliphatic heterocycles. The van der Waals surface area contributed by atoms with E-state index in [4.69, 9.17) is 4.74 Å². The van der Waals surface area contributed by atoms with Gasteiger partial charge in [0, 0.05) is 10.2 Å². The van der Waals surface area contributed by atoms with Gasteiger partial charge in [-0.3, -0.25) is 0 Å². The Kier molecular flexibility index (Phi) is 5.66. The van der Waals surface area contributed by atoms with Gasteiger partial charge < -0.3 is 10.1 Å². The summed E-state index contributed by atoms with van der Waals surface area (Å²) in [5.74, 6) is -0.199. The van der Waals surface area contributed by atoms with Crippen LogP contribution < -0.4 is 5.32 Å². The molecule has 1 aromatic carbocycles. The highest BCUT2D eigenvalue weighted by Crippen LogP contribution is 2.26. The molecule has 4 heteroatoms. The van der Waals surface area contributed by atoms with Crippen molar-refractivity contribution in [2.45, 2.75) is 38.6 Å². The number of methoxy groups -OCH3 is 1. The van der Waals surface area contributed by atoms with Crippen LogP contribution in [0.5, 0.6) is 0 Å². The molecule has 0 fully saturated rings. The van der Waals surface area contributed by atoms with Gasteiger partial charge in [-0.25, -0.2) is 4.79 Å². The molecule has 0 aliphatic carbocycles. The number of nitrogens with one attached hydrogen (secondary N) is 1. The van der Waals surface area contributed by atoms with Crippen molar-refractivity contribution in [3.63, 3.8) is 0 Å². The number of ether oxygens (including phenoxy) is 1. The third kappa shape index (κ3) is 3.48. The van der Waals surface area contributed by atoms with Crippen molar-refractivity contribution in [1.29, 1.82) is 0 Å². The Balaban J connectivity index is 2.96. The van der Waals surface area contributed by atoms with E-state index in [1.165, 1.54) is 7.11 Å². The van der Waals surface area contributed by atoms with Crippen LogP contribution in [-0.4, -0.2) is 18.6 Å². The summed E-state index contributed by atoms with van der Waals surface area (Å²) in [4.78, 5) is 12.0. The minimum Gasteiger partial charge on any atom is -0.467 e. The van der Waals surface area contributed by atoms with Crippen LogP contribution in [0.3, 0.4) is 0 Å². The second-order valence-electron chi connectivity index (χ2n) is 4.31. The standard InChI is InChI=1S/C14H20BrNO2/c1-4-10-14(5-2,13(17)18-3)16-12-8-6-11(15)7-9-12/h6-9,16H,4-5,10H2,1-3H3. The van der Waals surface area contributed by atoms with E-state index in [0.717, 1.165) is 23.0 Å². The van der Waals surface area contributed by atoms with Crippen LogP contribution >= 0.6 is 15.9 Å². The molecule has 0 aromatic heterocycles. The largest absolute Gasteiger partial charge is 0.467 e. The highest BCUT2D eigenvalue weighted by molar-refractivity contribution is 9.10. The van der Waals surface area contributed by atoms with E-state index >= 15 is 0 Å². The summed E-state index contributed by atoms with van der Waals surface area (Å²) in [6.07, 6.45) is 2.38. The number of carbonyl (C=O) groups is 1. The van der Waals surface area contributed by atoms with Crippen molar-refractivity contribution < 1.29 is 9.53 Å². The van der Waals surface area contributed by atoms with E-state index in [-0.39, 0.29) is 5.97 Å². The maximum Gasteiger partial charge on any atom is 0.331 e. The molecule has 0 amide bonds. The lowest BCUT2D eigenvalue weighted by molar-refractivity contribution is -0.146. The molecule has 1 N–H and O–H groups in total. The fourth-order valence-electron chi connectivity index (χ4n) is 2.06. The van der Waals surface area contributed by atoms with Gasteiger partial charge in [0.05, 0.1) is 7.11 Å². The van der Waals surface area contributed by atoms with E-state index in [1.54, 1.807) is 0 Å². The van der Waals surface area contributed by atoms with Gasteiger partial charge in [0.25, 0.3) is 0 Å². The highest BCUT2D eigenvalue weighted by atomic mass is 79.9. The first kappa shape index (κ1) is 15.0. The van der Waals surface area contributed by atoms with Crippen LogP contribution in [0.2, 0.25) is 0 Å². The topological polar surface area (TPSA) is 38.3 Å². The van der Waals surface area contributed by atoms with Crippen molar-refractivity contribution in [1.82, 2.24) is 0 Å². The maximum atomic E-state index is 12.0. The third-order valence-corrected chi connectivity index (χ3v) is 3.61. The highest BCUT2D eigenvalue weighted by Gasteiger charge is 2.36. The number of benzene rings is 1. The molecule has 1 aromatic rings. The Morgan fingerprint density at radius 2 is 1.94 bits per heavy atom. The van der Waals surface area contributed by atoms with Crippen molar-refractivity contribution in [2.75, 3.05) is 12.4 Å². The minimum atomic E-state index is -0.628. The summed E-state index contributed by atoms with van der Waals surface area (Å²) in [6, 6.07) is 7.80. The van der Waals surface area contributed by atoms with E-state index in [1.807, 2.05) is 31.2 Å². The lowest BCUT2D eigenvalue weighted by atomic mass is 9.90. The monoisotopic (exact) mass is 313 g/mol. The second kappa shape index (κ2) is 6.78. The summed E-state index contributed by atoms with van der Waals surface area (Å²) in [5, 5.41) is 3.33. The van der Waals surface area contributed by atoms with E-state index < -0.39 is 5.54 Å². The molecule has 3 nitrogen and oxygen atoms in total. The lowest BCUT2D eigenvalue weighted by Gasteiger charge is -2.31. The van der Waals surface area contributed by atoms with Gasteiger partial charge >= 0.3 is 5.97 Å². The zero-order valence-corrected chi connectivity index (χ0v) is 12.7. The van der Waals surface area contributed by atoms with Crippen LogP contribution in [0.15, 0.2) is 28.7 Å². The van der Waals surface area contributed by atoms with Gasteiger partial charge in [-0.1, -0.05) is 36.2 Å². The molecule has 1 unspecified atom stereocenters. The molecular formula is C14H20BrNO2. The second-order valence-corrected chi connectivity index (χ2v) is 5.22. The third-order valence-electron chi connectivity index (χ3n) is 3.08. The lowest BCUT2D eigenvalue weighted by Crippen LogP contribution is -2.46. The SMILES string of the molecule is CCCC(CC)(Nc1ccc(Br)cc1)C(=O)OC. The van der Waals surface area contributed by atoms with Crippen LogP contribution in [-0.2, 0) is 9.53 Å². The summed E-state index contributed by atoms with van der Waals surface area (Å²) >= 11 is 3.40. The summed E-state index contributed by atoms with van der Waals surface area (Å²) < 4.78 is 5.96. The zero-order chi connectivity index (χ0) is 13.6. The molecule has 18 heavy (non-hydrogen) atoms. The quantitative estimate of drug-likeness (QED) is 0.807. The molecule has 0 heterocycles. The maximum absolute atomic E-state index is 12.0. The van der Waals surface area contributed by atoms with Gasteiger partial charge in [-0.2, -0.15) is 0 Å². The molecule has 0 aliphatic rings. The van der Waals surface area contributed by atoms with Crippen molar-refractivity contribution >= 4 is 27.6 Å². The summed E-state index contributed by atoms with van der Waals surface area (Å²) in [6.45, 7) is 4.06. The van der Waals surface area contributed by atoms with E-state index in [0.29, 0.717) is 6.42 Å². The van der Waals surface area contributed by atoms with Crippen LogP contribution in [0.4, 0.5) is 5.69 Å². The number of anilines is 1. The van der Waals surface area contributed by atoms with Gasteiger partial charge in [0.1, 0.15) is 5.54 Å². The minimum absolute atomic E-state index is 0.199. The Bertz CT molecular complexity index is 391. The molecule has 0 bridgehead atoms. The first-order valence-electron chi connectivity index (χ1n) is 6.20. The smallest absolute Gasteiger partial charge is 0.331 e. The van der Waals surface area contributed by atoms with Gasteiger partial charge in [0.2, 0.25) is 0 Å². The fourth-order valence-corrected chi connectivity index (χ4v) is 2.32. The van der Waals surface area contributed by atoms with Gasteiger partial charge in [-0.15, -0.1) is 0 Å². The van der Waals surface area contributed by atoms with E-state index in [2.05, 4.69) is 28.2 Å². The average molecular weight is 314 g/mol. The zero-order valence-electron chi connectivity index (χ0n) is 11.1. The molecular weight excluding hydrogens is 294 g/mol. The molecule has 0 radical (unpaired) electrons. The predicted molar refractivity (Wildman–Crippen MR) is 77.7 cm³/mol. The normalized spacial score (nSPS) is 13.8. The number of hydrogen-bond donors (Lipinski definition) is 1. The first-order valence-corrected chi connectivity index (χ1v) is 6.99. The Hall–Kier alpha value is -1.03. The Morgan fingerprint density at radius 3 is 2.39 bits per heavy atom. The fraction of sp³-hybridized carbons (Fsp3) is 0.500. The molecule has 100 valence electrons. The molecule has 1 atom stereocenters. The van der Waals surface area contributed by atoms with Gasteiger partial charge in [-0.05, 0) is 37.1 Å². The van der Waals surface area contributed by atoms with Crippen molar-refractivity contribution in [2.24, 2.45) is 0 Å². The summed E-state index contributed by atoms with van der Waals surface area (Å²) in [7, 11) is 1.44. The predicted octanol–water partition coefficient (Wildman–Crippen LogP) is 3.98. The van der Waals surface area contributed by atoms with Crippen LogP contribution in [0, 0.1) is 0 Å². The Labute approximate surface area is 117 Å². The average Bonchev–Trinajstić information content (AvgIpc) is 2.39. The Morgan fingerprint density at radius 1 is 1.33 bits per heavy atom. The van der Waals surface area contributed by atoms with Crippen molar-refractivity contribution in [3.8, 4) is 0 Å². The number of carbonyl (C=O) groups excluding carboxylic acids is 1. The van der Waals surface area contributed by atoms with Crippen molar-refractivity contribution in [3.05, 3.63) is 28.7 Å². The number of hydrogen-bond acceptors (Lipinski definition) is 3. The van der Waals surface area contributed by atoms with E-state index in [9.17, 15) is 4.79 Å². The molecule has 0 saturated carbocycles. The van der Waals surface area contributed by atoms with Gasteiger partial charge in [0.15, 0.2) is 0 Å². The number of rotatable bonds is 6. The number of halogens is 1. The van der Waals surface area contributed by atoms with Crippen LogP contribution in [0.1, 0.15) is 33.1 Å². The van der Waals surface area contributed by atoms with Crippen LogP contribution in [0.25, 0.3) is 0 Å². The molecule has 0 saturated heterocycles. The molecule has 0 spiro atoms. The molecule has 1 rings (SSSR count).